The van der Waals surface area contributed by atoms with Gasteiger partial charge in [-0.2, -0.15) is 5.26 Å². The zero-order valence-corrected chi connectivity index (χ0v) is 11.5. The molecule has 0 unspecified atom stereocenters. The highest BCUT2D eigenvalue weighted by Gasteiger charge is 2.15. The summed E-state index contributed by atoms with van der Waals surface area (Å²) in [5.74, 6) is 0.350. The second kappa shape index (κ2) is 8.15. The molecule has 0 saturated heterocycles. The third-order valence-electron chi connectivity index (χ3n) is 2.54. The minimum Gasteiger partial charge on any atom is -0.445 e. The Morgan fingerprint density at radius 2 is 2.05 bits per heavy atom. The van der Waals surface area contributed by atoms with E-state index in [4.69, 9.17) is 10.00 Å². The molecule has 1 aromatic carbocycles. The van der Waals surface area contributed by atoms with E-state index < -0.39 is 0 Å². The van der Waals surface area contributed by atoms with Crippen LogP contribution in [0.1, 0.15) is 25.8 Å². The zero-order chi connectivity index (χ0) is 14.1. The molecule has 19 heavy (non-hydrogen) atoms. The van der Waals surface area contributed by atoms with E-state index in [-0.39, 0.29) is 12.7 Å². The third kappa shape index (κ3) is 5.91. The topological polar surface area (TPSA) is 53.3 Å². The second-order valence-electron chi connectivity index (χ2n) is 4.79. The lowest BCUT2D eigenvalue weighted by Crippen LogP contribution is -2.35. The Bertz CT molecular complexity index is 424. The van der Waals surface area contributed by atoms with Crippen LogP contribution in [0.4, 0.5) is 4.79 Å². The van der Waals surface area contributed by atoms with E-state index in [1.54, 1.807) is 4.90 Å². The number of carbonyl (C=O) groups excluding carboxylic acids is 1. The molecule has 0 aliphatic heterocycles. The summed E-state index contributed by atoms with van der Waals surface area (Å²) in [6, 6.07) is 11.6. The normalized spacial score (nSPS) is 10.0. The average Bonchev–Trinajstić information content (AvgIpc) is 2.41. The van der Waals surface area contributed by atoms with Crippen molar-refractivity contribution in [1.82, 2.24) is 4.90 Å². The lowest BCUT2D eigenvalue weighted by molar-refractivity contribution is 0.0928. The maximum absolute atomic E-state index is 12.0. The molecule has 0 aromatic heterocycles. The van der Waals surface area contributed by atoms with Crippen LogP contribution in [0, 0.1) is 17.2 Å². The van der Waals surface area contributed by atoms with Crippen molar-refractivity contribution >= 4 is 6.09 Å². The van der Waals surface area contributed by atoms with Crippen LogP contribution in [0.3, 0.4) is 0 Å². The van der Waals surface area contributed by atoms with Gasteiger partial charge in [0.05, 0.1) is 12.5 Å². The van der Waals surface area contributed by atoms with Gasteiger partial charge in [-0.15, -0.1) is 0 Å². The molecule has 0 N–H and O–H groups in total. The first kappa shape index (κ1) is 15.0. The lowest BCUT2D eigenvalue weighted by atomic mass is 10.2. The lowest BCUT2D eigenvalue weighted by Gasteiger charge is -2.22. The molecule has 1 amide bonds. The number of ether oxygens (including phenoxy) is 1. The molecule has 0 aliphatic rings. The van der Waals surface area contributed by atoms with E-state index in [1.807, 2.05) is 44.2 Å². The summed E-state index contributed by atoms with van der Waals surface area (Å²) in [4.78, 5) is 13.5. The van der Waals surface area contributed by atoms with E-state index >= 15 is 0 Å². The summed E-state index contributed by atoms with van der Waals surface area (Å²) in [5.41, 5.74) is 0.959. The van der Waals surface area contributed by atoms with E-state index in [0.29, 0.717) is 25.4 Å². The second-order valence-corrected chi connectivity index (χ2v) is 4.79. The summed E-state index contributed by atoms with van der Waals surface area (Å²) < 4.78 is 5.27. The summed E-state index contributed by atoms with van der Waals surface area (Å²) in [6.07, 6.45) is -0.0273. The molecule has 4 nitrogen and oxygen atoms in total. The molecule has 102 valence electrons. The molecule has 0 aliphatic carbocycles. The van der Waals surface area contributed by atoms with E-state index in [2.05, 4.69) is 6.07 Å². The smallest absolute Gasteiger partial charge is 0.410 e. The van der Waals surface area contributed by atoms with Crippen molar-refractivity contribution < 1.29 is 9.53 Å². The summed E-state index contributed by atoms with van der Waals surface area (Å²) in [7, 11) is 0. The Morgan fingerprint density at radius 3 is 2.63 bits per heavy atom. The van der Waals surface area contributed by atoms with E-state index in [9.17, 15) is 4.79 Å². The Balaban J connectivity index is 2.49. The van der Waals surface area contributed by atoms with Crippen molar-refractivity contribution in [3.05, 3.63) is 35.9 Å². The van der Waals surface area contributed by atoms with Gasteiger partial charge in [0.15, 0.2) is 0 Å². The highest BCUT2D eigenvalue weighted by Crippen LogP contribution is 2.06. The SMILES string of the molecule is CC(C)CN(CCC#N)C(=O)OCc1ccccc1. The minimum absolute atomic E-state index is 0.265. The first-order valence-corrected chi connectivity index (χ1v) is 6.46. The first-order chi connectivity index (χ1) is 9.13. The monoisotopic (exact) mass is 260 g/mol. The Hall–Kier alpha value is -2.02. The van der Waals surface area contributed by atoms with Crippen LogP contribution in [0.2, 0.25) is 0 Å². The standard InChI is InChI=1S/C15H20N2O2/c1-13(2)11-17(10-6-9-16)15(18)19-12-14-7-4-3-5-8-14/h3-5,7-8,13H,6,10-12H2,1-2H3. The zero-order valence-electron chi connectivity index (χ0n) is 11.5. The van der Waals surface area contributed by atoms with Crippen LogP contribution < -0.4 is 0 Å². The fourth-order valence-electron chi connectivity index (χ4n) is 1.69. The fraction of sp³-hybridized carbons (Fsp3) is 0.467. The molecule has 1 aromatic rings. The van der Waals surface area contributed by atoms with Gasteiger partial charge >= 0.3 is 6.09 Å². The molecule has 0 fully saturated rings. The Labute approximate surface area is 114 Å². The highest BCUT2D eigenvalue weighted by molar-refractivity contribution is 5.67. The van der Waals surface area contributed by atoms with Gasteiger partial charge in [-0.1, -0.05) is 44.2 Å². The van der Waals surface area contributed by atoms with Crippen molar-refractivity contribution in [3.8, 4) is 6.07 Å². The molecule has 0 saturated carbocycles. The molecule has 0 heterocycles. The Morgan fingerprint density at radius 1 is 1.37 bits per heavy atom. The quantitative estimate of drug-likeness (QED) is 0.789. The average molecular weight is 260 g/mol. The van der Waals surface area contributed by atoms with Crippen LogP contribution in [0.25, 0.3) is 0 Å². The van der Waals surface area contributed by atoms with Gasteiger partial charge in [-0.05, 0) is 11.5 Å². The van der Waals surface area contributed by atoms with Gasteiger partial charge in [0.2, 0.25) is 0 Å². The third-order valence-corrected chi connectivity index (χ3v) is 2.54. The highest BCUT2D eigenvalue weighted by atomic mass is 16.6. The van der Waals surface area contributed by atoms with Gasteiger partial charge in [-0.3, -0.25) is 0 Å². The van der Waals surface area contributed by atoms with E-state index in [1.165, 1.54) is 0 Å². The molecule has 1 rings (SSSR count). The molecule has 0 atom stereocenters. The largest absolute Gasteiger partial charge is 0.445 e. The number of nitrogens with zero attached hydrogens (tertiary/aromatic N) is 2. The maximum atomic E-state index is 12.0. The Kier molecular flexibility index (Phi) is 6.45. The van der Waals surface area contributed by atoms with E-state index in [0.717, 1.165) is 5.56 Å². The van der Waals surface area contributed by atoms with Crippen LogP contribution in [-0.4, -0.2) is 24.1 Å². The van der Waals surface area contributed by atoms with Crippen LogP contribution in [0.5, 0.6) is 0 Å². The van der Waals surface area contributed by atoms with Crippen molar-refractivity contribution in [1.29, 1.82) is 5.26 Å². The van der Waals surface area contributed by atoms with Crippen molar-refractivity contribution in [2.24, 2.45) is 5.92 Å². The molecule has 0 spiro atoms. The summed E-state index contributed by atoms with van der Waals surface area (Å²) >= 11 is 0. The fourth-order valence-corrected chi connectivity index (χ4v) is 1.69. The predicted octanol–water partition coefficient (Wildman–Crippen LogP) is 3.19. The molecular formula is C15H20N2O2. The number of rotatable bonds is 6. The van der Waals surface area contributed by atoms with Crippen molar-refractivity contribution in [2.75, 3.05) is 13.1 Å². The van der Waals surface area contributed by atoms with Crippen LogP contribution in [-0.2, 0) is 11.3 Å². The number of hydrogen-bond donors (Lipinski definition) is 0. The molecule has 0 bridgehead atoms. The summed E-state index contributed by atoms with van der Waals surface area (Å²) in [6.45, 7) is 5.35. The number of benzene rings is 1. The number of nitriles is 1. The summed E-state index contributed by atoms with van der Waals surface area (Å²) in [5, 5.41) is 8.61. The van der Waals surface area contributed by atoms with Gasteiger partial charge < -0.3 is 9.64 Å². The maximum Gasteiger partial charge on any atom is 0.410 e. The minimum atomic E-state index is -0.354. The number of amides is 1. The molecule has 0 radical (unpaired) electrons. The number of hydrogen-bond acceptors (Lipinski definition) is 3. The van der Waals surface area contributed by atoms with Gasteiger partial charge in [-0.25, -0.2) is 4.79 Å². The number of carbonyl (C=O) groups is 1. The predicted molar refractivity (Wildman–Crippen MR) is 73.3 cm³/mol. The molecule has 4 heteroatoms. The van der Waals surface area contributed by atoms with Gasteiger partial charge in [0, 0.05) is 13.1 Å². The van der Waals surface area contributed by atoms with Gasteiger partial charge in [0.1, 0.15) is 6.61 Å². The first-order valence-electron chi connectivity index (χ1n) is 6.46. The van der Waals surface area contributed by atoms with Crippen LogP contribution in [0.15, 0.2) is 30.3 Å². The van der Waals surface area contributed by atoms with Gasteiger partial charge in [0.25, 0.3) is 0 Å². The van der Waals surface area contributed by atoms with Crippen molar-refractivity contribution in [2.45, 2.75) is 26.9 Å². The van der Waals surface area contributed by atoms with Crippen LogP contribution >= 0.6 is 0 Å². The molecular weight excluding hydrogens is 240 g/mol. The van der Waals surface area contributed by atoms with Crippen molar-refractivity contribution in [3.63, 3.8) is 0 Å².